The molecule has 0 saturated heterocycles. The summed E-state index contributed by atoms with van der Waals surface area (Å²) in [4.78, 5) is 4.25. The molecule has 0 amide bonds. The lowest BCUT2D eigenvalue weighted by Gasteiger charge is -2.16. The fourth-order valence-corrected chi connectivity index (χ4v) is 1.88. The van der Waals surface area contributed by atoms with E-state index in [0.29, 0.717) is 5.76 Å². The van der Waals surface area contributed by atoms with Crippen molar-refractivity contribution in [3.05, 3.63) is 66.8 Å². The second-order valence-corrected chi connectivity index (χ2v) is 4.14. The Morgan fingerprint density at radius 2 is 2.20 bits per heavy atom. The molecule has 0 N–H and O–H groups in total. The van der Waals surface area contributed by atoms with E-state index in [0.717, 1.165) is 11.4 Å². The summed E-state index contributed by atoms with van der Waals surface area (Å²) in [7, 11) is 0. The number of rotatable bonds is 5. The van der Waals surface area contributed by atoms with Gasteiger partial charge in [0.1, 0.15) is 5.76 Å². The van der Waals surface area contributed by atoms with Crippen LogP contribution in [0.25, 0.3) is 12.0 Å². The molecule has 2 rings (SSSR count). The molecule has 4 nitrogen and oxygen atoms in total. The number of ether oxygens (including phenoxy) is 1. The maximum absolute atomic E-state index is 8.90. The Balaban J connectivity index is 2.24. The Kier molecular flexibility index (Phi) is 4.35. The van der Waals surface area contributed by atoms with E-state index < -0.39 is 0 Å². The molecule has 0 radical (unpaired) electrons. The Hall–Kier alpha value is -2.80. The third kappa shape index (κ3) is 2.96. The highest BCUT2D eigenvalue weighted by molar-refractivity contribution is 5.62. The van der Waals surface area contributed by atoms with Crippen molar-refractivity contribution in [3.63, 3.8) is 0 Å². The Bertz CT molecular complexity index is 650. The number of allylic oxidation sites excluding steroid dienone is 1. The summed E-state index contributed by atoms with van der Waals surface area (Å²) >= 11 is 0. The van der Waals surface area contributed by atoms with Crippen LogP contribution >= 0.6 is 0 Å². The molecule has 0 spiro atoms. The fraction of sp³-hybridized carbons (Fsp3) is 0.125. The topological polar surface area (TPSA) is 50.8 Å². The lowest BCUT2D eigenvalue weighted by molar-refractivity contribution is 0.178. The third-order valence-corrected chi connectivity index (χ3v) is 2.82. The minimum absolute atomic E-state index is 0.289. The average molecular weight is 265 g/mol. The molecule has 0 bridgehead atoms. The third-order valence-electron chi connectivity index (χ3n) is 2.82. The van der Waals surface area contributed by atoms with Gasteiger partial charge in [0.2, 0.25) is 0 Å². The molecule has 1 aromatic carbocycles. The molecule has 1 aromatic heterocycles. The van der Waals surface area contributed by atoms with E-state index in [1.165, 1.54) is 6.08 Å². The molecule has 0 aliphatic rings. The molecule has 2 aromatic rings. The van der Waals surface area contributed by atoms with Crippen LogP contribution in [0.1, 0.15) is 24.4 Å². The van der Waals surface area contributed by atoms with Crippen LogP contribution in [0, 0.1) is 11.3 Å². The zero-order chi connectivity index (χ0) is 14.4. The molecular weight excluding hydrogens is 250 g/mol. The number of nitriles is 1. The number of nitrogens with zero attached hydrogens (tertiary/aromatic N) is 3. The van der Waals surface area contributed by atoms with Crippen LogP contribution in [-0.4, -0.2) is 9.55 Å². The summed E-state index contributed by atoms with van der Waals surface area (Å²) in [5.74, 6) is 1.26. The van der Waals surface area contributed by atoms with E-state index in [4.69, 9.17) is 10.00 Å². The molecule has 0 fully saturated rings. The van der Waals surface area contributed by atoms with Crippen molar-refractivity contribution in [1.82, 2.24) is 9.55 Å². The van der Waals surface area contributed by atoms with Gasteiger partial charge in [-0.3, -0.25) is 0 Å². The van der Waals surface area contributed by atoms with E-state index in [2.05, 4.69) is 11.6 Å². The average Bonchev–Trinajstić information content (AvgIpc) is 2.96. The molecular formula is C16H15N3O. The summed E-state index contributed by atoms with van der Waals surface area (Å²) in [6.45, 7) is 5.61. The maximum atomic E-state index is 8.90. The van der Waals surface area contributed by atoms with Gasteiger partial charge in [-0.1, -0.05) is 36.9 Å². The monoisotopic (exact) mass is 265 g/mol. The number of hydrogen-bond acceptors (Lipinski definition) is 3. The highest BCUT2D eigenvalue weighted by Crippen LogP contribution is 2.24. The molecule has 0 aliphatic carbocycles. The molecule has 4 heteroatoms. The van der Waals surface area contributed by atoms with Gasteiger partial charge in [0.05, 0.1) is 12.1 Å². The molecule has 1 unspecified atom stereocenters. The Morgan fingerprint density at radius 3 is 2.85 bits per heavy atom. The molecule has 0 aliphatic heterocycles. The summed E-state index contributed by atoms with van der Waals surface area (Å²) in [6.07, 6.45) is 6.26. The quantitative estimate of drug-likeness (QED) is 0.612. The van der Waals surface area contributed by atoms with Crippen LogP contribution in [0.3, 0.4) is 0 Å². The maximum Gasteiger partial charge on any atom is 0.154 e. The number of hydrogen-bond donors (Lipinski definition) is 0. The lowest BCUT2D eigenvalue weighted by atomic mass is 10.2. The van der Waals surface area contributed by atoms with Gasteiger partial charge in [-0.2, -0.15) is 5.26 Å². The van der Waals surface area contributed by atoms with Gasteiger partial charge in [0.25, 0.3) is 0 Å². The summed E-state index contributed by atoms with van der Waals surface area (Å²) in [5, 5.41) is 8.90. The Morgan fingerprint density at radius 1 is 1.45 bits per heavy atom. The van der Waals surface area contributed by atoms with Gasteiger partial charge in [-0.05, 0) is 6.92 Å². The van der Waals surface area contributed by atoms with Crippen LogP contribution in [0.5, 0.6) is 0 Å². The molecule has 100 valence electrons. The van der Waals surface area contributed by atoms with E-state index in [9.17, 15) is 0 Å². The smallest absolute Gasteiger partial charge is 0.154 e. The van der Waals surface area contributed by atoms with E-state index in [1.54, 1.807) is 23.2 Å². The summed E-state index contributed by atoms with van der Waals surface area (Å²) in [6, 6.07) is 11.5. The zero-order valence-electron chi connectivity index (χ0n) is 11.2. The second-order valence-electron chi connectivity index (χ2n) is 4.14. The normalized spacial score (nSPS) is 12.5. The first-order valence-corrected chi connectivity index (χ1v) is 6.23. The van der Waals surface area contributed by atoms with Crippen molar-refractivity contribution in [2.24, 2.45) is 0 Å². The predicted octanol–water partition coefficient (Wildman–Crippen LogP) is 3.63. The fourth-order valence-electron chi connectivity index (χ4n) is 1.88. The van der Waals surface area contributed by atoms with E-state index in [-0.39, 0.29) is 6.10 Å². The largest absolute Gasteiger partial charge is 0.481 e. The minimum atomic E-state index is -0.289. The first-order valence-electron chi connectivity index (χ1n) is 6.23. The summed E-state index contributed by atoms with van der Waals surface area (Å²) in [5.41, 5.74) is 0.859. The zero-order valence-corrected chi connectivity index (χ0v) is 11.2. The molecule has 0 saturated carbocycles. The lowest BCUT2D eigenvalue weighted by Crippen LogP contribution is -2.05. The van der Waals surface area contributed by atoms with Gasteiger partial charge in [-0.15, -0.1) is 0 Å². The standard InChI is InChI=1S/C16H15N3O/c1-3-19-12-11-18-16(19)13(2)20-15(9-10-17)14-7-5-4-6-8-14/h3-9,11-13H,1H2,2H3/b15-9-. The van der Waals surface area contributed by atoms with Crippen molar-refractivity contribution < 1.29 is 4.74 Å². The van der Waals surface area contributed by atoms with Gasteiger partial charge in [0, 0.05) is 24.2 Å². The van der Waals surface area contributed by atoms with Crippen LogP contribution in [0.15, 0.2) is 55.4 Å². The highest BCUT2D eigenvalue weighted by Gasteiger charge is 2.14. The van der Waals surface area contributed by atoms with Crippen molar-refractivity contribution >= 4 is 12.0 Å². The number of imidazole rings is 1. The first kappa shape index (κ1) is 13.6. The van der Waals surface area contributed by atoms with Crippen molar-refractivity contribution in [2.45, 2.75) is 13.0 Å². The van der Waals surface area contributed by atoms with Crippen LogP contribution in [-0.2, 0) is 4.74 Å². The van der Waals surface area contributed by atoms with Crippen molar-refractivity contribution in [1.29, 1.82) is 5.26 Å². The Labute approximate surface area is 118 Å². The highest BCUT2D eigenvalue weighted by atomic mass is 16.5. The number of benzene rings is 1. The van der Waals surface area contributed by atoms with Crippen molar-refractivity contribution in [2.75, 3.05) is 0 Å². The van der Waals surface area contributed by atoms with Gasteiger partial charge in [-0.25, -0.2) is 4.98 Å². The SMILES string of the molecule is C=Cn1ccnc1C(C)O/C(=C\C#N)c1ccccc1. The first-order chi connectivity index (χ1) is 9.76. The van der Waals surface area contributed by atoms with Gasteiger partial charge in [0.15, 0.2) is 11.9 Å². The molecule has 1 atom stereocenters. The molecule has 1 heterocycles. The van der Waals surface area contributed by atoms with E-state index in [1.807, 2.05) is 43.3 Å². The van der Waals surface area contributed by atoms with Crippen LogP contribution in [0.2, 0.25) is 0 Å². The van der Waals surface area contributed by atoms with E-state index >= 15 is 0 Å². The number of aromatic nitrogens is 2. The van der Waals surface area contributed by atoms with Crippen molar-refractivity contribution in [3.8, 4) is 6.07 Å². The van der Waals surface area contributed by atoms with Gasteiger partial charge >= 0.3 is 0 Å². The van der Waals surface area contributed by atoms with Gasteiger partial charge < -0.3 is 9.30 Å². The minimum Gasteiger partial charge on any atom is -0.481 e. The van der Waals surface area contributed by atoms with Crippen LogP contribution in [0.4, 0.5) is 0 Å². The summed E-state index contributed by atoms with van der Waals surface area (Å²) < 4.78 is 7.66. The van der Waals surface area contributed by atoms with Crippen LogP contribution < -0.4 is 0 Å². The second kappa shape index (κ2) is 6.39. The molecule has 20 heavy (non-hydrogen) atoms. The predicted molar refractivity (Wildman–Crippen MR) is 78.1 cm³/mol.